The number of sulfonamides is 1. The SMILES string of the molecule is Cc1ccccc1CS(=O)(=O)N1CCNCC1c1cccnc1.Cl. The fourth-order valence-corrected chi connectivity index (χ4v) is 4.76. The minimum atomic E-state index is -3.39. The first-order chi connectivity index (χ1) is 11.1. The van der Waals surface area contributed by atoms with Crippen LogP contribution in [0.1, 0.15) is 22.7 Å². The van der Waals surface area contributed by atoms with Crippen molar-refractivity contribution in [1.29, 1.82) is 0 Å². The zero-order valence-corrected chi connectivity index (χ0v) is 15.2. The Morgan fingerprint density at radius 3 is 2.75 bits per heavy atom. The maximum absolute atomic E-state index is 13.0. The van der Waals surface area contributed by atoms with E-state index < -0.39 is 10.0 Å². The third kappa shape index (κ3) is 4.13. The molecule has 1 saturated heterocycles. The molecule has 0 aliphatic carbocycles. The zero-order chi connectivity index (χ0) is 16.3. The third-order valence-electron chi connectivity index (χ3n) is 4.22. The van der Waals surface area contributed by atoms with Crippen LogP contribution in [0, 0.1) is 6.92 Å². The molecule has 2 aromatic rings. The third-order valence-corrected chi connectivity index (χ3v) is 6.05. The lowest BCUT2D eigenvalue weighted by molar-refractivity contribution is 0.271. The van der Waals surface area contributed by atoms with Crippen LogP contribution >= 0.6 is 12.4 Å². The number of hydrogen-bond donors (Lipinski definition) is 1. The van der Waals surface area contributed by atoms with E-state index in [0.717, 1.165) is 16.7 Å². The van der Waals surface area contributed by atoms with Crippen LogP contribution in [0.15, 0.2) is 48.8 Å². The Morgan fingerprint density at radius 2 is 2.04 bits per heavy atom. The molecular weight excluding hydrogens is 346 g/mol. The number of rotatable bonds is 4. The van der Waals surface area contributed by atoms with Gasteiger partial charge in [-0.25, -0.2) is 8.42 Å². The molecule has 1 aliphatic heterocycles. The number of nitrogens with one attached hydrogen (secondary N) is 1. The number of halogens is 1. The van der Waals surface area contributed by atoms with Gasteiger partial charge >= 0.3 is 0 Å². The summed E-state index contributed by atoms with van der Waals surface area (Å²) < 4.78 is 27.6. The van der Waals surface area contributed by atoms with Gasteiger partial charge in [-0.15, -0.1) is 12.4 Å². The van der Waals surface area contributed by atoms with Crippen LogP contribution in [0.2, 0.25) is 0 Å². The number of hydrogen-bond acceptors (Lipinski definition) is 4. The topological polar surface area (TPSA) is 62.3 Å². The van der Waals surface area contributed by atoms with Crippen molar-refractivity contribution < 1.29 is 8.42 Å². The van der Waals surface area contributed by atoms with Gasteiger partial charge in [-0.1, -0.05) is 30.3 Å². The van der Waals surface area contributed by atoms with Gasteiger partial charge in [0.2, 0.25) is 10.0 Å². The van der Waals surface area contributed by atoms with Crippen molar-refractivity contribution in [3.63, 3.8) is 0 Å². The molecule has 5 nitrogen and oxygen atoms in total. The largest absolute Gasteiger partial charge is 0.313 e. The molecule has 0 amide bonds. The quantitative estimate of drug-likeness (QED) is 0.900. The van der Waals surface area contributed by atoms with E-state index in [-0.39, 0.29) is 24.2 Å². The van der Waals surface area contributed by atoms with E-state index in [1.165, 1.54) is 0 Å². The molecule has 0 spiro atoms. The average molecular weight is 368 g/mol. The molecule has 1 aromatic heterocycles. The summed E-state index contributed by atoms with van der Waals surface area (Å²) in [4.78, 5) is 4.13. The number of piperazine rings is 1. The number of aromatic nitrogens is 1. The smallest absolute Gasteiger partial charge is 0.218 e. The van der Waals surface area contributed by atoms with Gasteiger partial charge in [0.05, 0.1) is 11.8 Å². The Kier molecular flexibility index (Phi) is 6.34. The van der Waals surface area contributed by atoms with Crippen molar-refractivity contribution in [2.24, 2.45) is 0 Å². The molecule has 0 saturated carbocycles. The first kappa shape index (κ1) is 18.9. The maximum Gasteiger partial charge on any atom is 0.218 e. The average Bonchev–Trinajstić information content (AvgIpc) is 2.58. The second-order valence-corrected chi connectivity index (χ2v) is 7.72. The van der Waals surface area contributed by atoms with E-state index >= 15 is 0 Å². The lowest BCUT2D eigenvalue weighted by atomic mass is 10.1. The van der Waals surface area contributed by atoms with Gasteiger partial charge in [0.1, 0.15) is 0 Å². The van der Waals surface area contributed by atoms with Gasteiger partial charge < -0.3 is 5.32 Å². The lowest BCUT2D eigenvalue weighted by Crippen LogP contribution is -2.49. The highest BCUT2D eigenvalue weighted by Gasteiger charge is 2.33. The van der Waals surface area contributed by atoms with Crippen LogP contribution in [-0.2, 0) is 15.8 Å². The molecule has 24 heavy (non-hydrogen) atoms. The molecule has 1 atom stereocenters. The minimum Gasteiger partial charge on any atom is -0.313 e. The molecule has 130 valence electrons. The van der Waals surface area contributed by atoms with Crippen molar-refractivity contribution in [3.8, 4) is 0 Å². The highest BCUT2D eigenvalue weighted by atomic mass is 35.5. The Morgan fingerprint density at radius 1 is 1.25 bits per heavy atom. The Bertz CT molecular complexity index is 768. The van der Waals surface area contributed by atoms with Crippen LogP contribution in [-0.4, -0.2) is 37.3 Å². The van der Waals surface area contributed by atoms with E-state index in [9.17, 15) is 8.42 Å². The normalized spacial score (nSPS) is 18.8. The fraction of sp³-hybridized carbons (Fsp3) is 0.353. The van der Waals surface area contributed by atoms with E-state index in [2.05, 4.69) is 10.3 Å². The molecule has 0 bridgehead atoms. The van der Waals surface area contributed by atoms with Crippen LogP contribution in [0.5, 0.6) is 0 Å². The summed E-state index contributed by atoms with van der Waals surface area (Å²) in [6.45, 7) is 3.71. The van der Waals surface area contributed by atoms with Crippen molar-refractivity contribution >= 4 is 22.4 Å². The van der Waals surface area contributed by atoms with Gasteiger partial charge in [0, 0.05) is 32.0 Å². The minimum absolute atomic E-state index is 0. The molecule has 0 radical (unpaired) electrons. The molecule has 1 aromatic carbocycles. The summed E-state index contributed by atoms with van der Waals surface area (Å²) in [6.07, 6.45) is 3.44. The summed E-state index contributed by atoms with van der Waals surface area (Å²) in [5.41, 5.74) is 2.79. The second kappa shape index (κ2) is 8.07. The summed E-state index contributed by atoms with van der Waals surface area (Å²) in [5.74, 6) is 0.0381. The lowest BCUT2D eigenvalue weighted by Gasteiger charge is -2.35. The summed E-state index contributed by atoms with van der Waals surface area (Å²) in [6, 6.07) is 11.2. The Labute approximate surface area is 149 Å². The predicted molar refractivity (Wildman–Crippen MR) is 97.6 cm³/mol. The second-order valence-electron chi connectivity index (χ2n) is 5.80. The Balaban J connectivity index is 0.00000208. The van der Waals surface area contributed by atoms with Gasteiger partial charge in [-0.2, -0.15) is 4.31 Å². The molecule has 1 fully saturated rings. The molecular formula is C17H22ClN3O2S. The number of aryl methyl sites for hydroxylation is 1. The van der Waals surface area contributed by atoms with E-state index in [0.29, 0.717) is 19.6 Å². The summed E-state index contributed by atoms with van der Waals surface area (Å²) in [7, 11) is -3.39. The zero-order valence-electron chi connectivity index (χ0n) is 13.6. The van der Waals surface area contributed by atoms with E-state index in [4.69, 9.17) is 0 Å². The fourth-order valence-electron chi connectivity index (χ4n) is 2.93. The van der Waals surface area contributed by atoms with Crippen molar-refractivity contribution in [2.75, 3.05) is 19.6 Å². The number of nitrogens with zero attached hydrogens (tertiary/aromatic N) is 2. The van der Waals surface area contributed by atoms with E-state index in [1.807, 2.05) is 43.3 Å². The van der Waals surface area contributed by atoms with Crippen molar-refractivity contribution in [3.05, 3.63) is 65.5 Å². The molecule has 1 aliphatic rings. The van der Waals surface area contributed by atoms with Crippen LogP contribution in [0.25, 0.3) is 0 Å². The molecule has 2 heterocycles. The standard InChI is InChI=1S/C17H21N3O2S.ClH/c1-14-5-2-3-6-16(14)13-23(21,22)20-10-9-19-12-17(20)15-7-4-8-18-11-15;/h2-8,11,17,19H,9-10,12-13H2,1H3;1H. The molecule has 7 heteroatoms. The maximum atomic E-state index is 13.0. The first-order valence-electron chi connectivity index (χ1n) is 7.72. The summed E-state index contributed by atoms with van der Waals surface area (Å²) in [5, 5.41) is 3.28. The molecule has 3 rings (SSSR count). The van der Waals surface area contributed by atoms with Crippen molar-refractivity contribution in [2.45, 2.75) is 18.7 Å². The van der Waals surface area contributed by atoms with Crippen LogP contribution < -0.4 is 5.32 Å². The van der Waals surface area contributed by atoms with Crippen molar-refractivity contribution in [1.82, 2.24) is 14.6 Å². The van der Waals surface area contributed by atoms with Gasteiger partial charge in [0.15, 0.2) is 0 Å². The molecule has 1 N–H and O–H groups in total. The van der Waals surface area contributed by atoms with Crippen LogP contribution in [0.3, 0.4) is 0 Å². The van der Waals surface area contributed by atoms with Gasteiger partial charge in [-0.3, -0.25) is 4.98 Å². The highest BCUT2D eigenvalue weighted by molar-refractivity contribution is 7.88. The predicted octanol–water partition coefficient (Wildman–Crippen LogP) is 2.29. The van der Waals surface area contributed by atoms with E-state index in [1.54, 1.807) is 16.7 Å². The van der Waals surface area contributed by atoms with Gasteiger partial charge in [0.25, 0.3) is 0 Å². The number of benzene rings is 1. The highest BCUT2D eigenvalue weighted by Crippen LogP contribution is 2.26. The molecule has 1 unspecified atom stereocenters. The number of pyridine rings is 1. The first-order valence-corrected chi connectivity index (χ1v) is 9.33. The van der Waals surface area contributed by atoms with Gasteiger partial charge in [-0.05, 0) is 29.7 Å². The Hall–Kier alpha value is -1.47. The summed E-state index contributed by atoms with van der Waals surface area (Å²) >= 11 is 0. The van der Waals surface area contributed by atoms with Crippen LogP contribution in [0.4, 0.5) is 0 Å². The monoisotopic (exact) mass is 367 g/mol.